The highest BCUT2D eigenvalue weighted by atomic mass is 32.2. The van der Waals surface area contributed by atoms with Crippen LogP contribution < -0.4 is 9.21 Å². The third-order valence-electron chi connectivity index (χ3n) is 4.22. The van der Waals surface area contributed by atoms with Crippen LogP contribution in [0.1, 0.15) is 33.6 Å². The summed E-state index contributed by atoms with van der Waals surface area (Å²) in [6, 6.07) is 7.31. The lowest BCUT2D eigenvalue weighted by molar-refractivity contribution is -0.128. The first-order chi connectivity index (χ1) is 11.7. The number of rotatable bonds is 10. The minimum absolute atomic E-state index is 0.177. The molecule has 142 valence electrons. The van der Waals surface area contributed by atoms with Crippen molar-refractivity contribution in [2.45, 2.75) is 33.6 Å². The van der Waals surface area contributed by atoms with E-state index in [-0.39, 0.29) is 12.5 Å². The third-order valence-corrected chi connectivity index (χ3v) is 5.36. The molecule has 0 radical (unpaired) electrons. The van der Waals surface area contributed by atoms with Gasteiger partial charge in [-0.15, -0.1) is 0 Å². The lowest BCUT2D eigenvalue weighted by atomic mass is 10.2. The van der Waals surface area contributed by atoms with Crippen molar-refractivity contribution in [3.05, 3.63) is 24.3 Å². The number of amides is 1. The molecule has 0 heterocycles. The number of hydrogen-bond acceptors (Lipinski definition) is 4. The Labute approximate surface area is 152 Å². The Kier molecular flexibility index (Phi) is 8.22. The molecule has 0 aliphatic carbocycles. The summed E-state index contributed by atoms with van der Waals surface area (Å²) in [6.45, 7) is 8.42. The molecule has 6 nitrogen and oxygen atoms in total. The second kappa shape index (κ2) is 9.65. The van der Waals surface area contributed by atoms with Crippen LogP contribution >= 0.6 is 0 Å². The summed E-state index contributed by atoms with van der Waals surface area (Å²) in [5.74, 6) is -0.202. The van der Waals surface area contributed by atoms with Gasteiger partial charge in [0.15, 0.2) is 0 Å². The molecule has 0 spiro atoms. The smallest absolute Gasteiger partial charge is 0.243 e. The summed E-state index contributed by atoms with van der Waals surface area (Å²) in [5, 5.41) is 0. The van der Waals surface area contributed by atoms with Crippen LogP contribution in [0.4, 0.5) is 11.4 Å². The standard InChI is InChI=1S/C18H31N3O3S/c1-6-9-14-19(4)18(22)15-21(25(5,23)24)17-12-10-16(11-13-17)20(7-2)8-3/h10-13H,6-9,14-15H2,1-5H3. The van der Waals surface area contributed by atoms with Crippen LogP contribution in [0.5, 0.6) is 0 Å². The van der Waals surface area contributed by atoms with E-state index in [1.165, 1.54) is 4.31 Å². The molecule has 0 atom stereocenters. The maximum Gasteiger partial charge on any atom is 0.243 e. The molecular weight excluding hydrogens is 338 g/mol. The van der Waals surface area contributed by atoms with Crippen molar-refractivity contribution < 1.29 is 13.2 Å². The highest BCUT2D eigenvalue weighted by molar-refractivity contribution is 7.92. The Bertz CT molecular complexity index is 640. The van der Waals surface area contributed by atoms with Crippen LogP contribution in [0.15, 0.2) is 24.3 Å². The average molecular weight is 370 g/mol. The van der Waals surface area contributed by atoms with Gasteiger partial charge in [-0.1, -0.05) is 13.3 Å². The lowest BCUT2D eigenvalue weighted by Crippen LogP contribution is -2.41. The minimum atomic E-state index is -3.54. The van der Waals surface area contributed by atoms with Gasteiger partial charge in [0, 0.05) is 32.4 Å². The molecule has 25 heavy (non-hydrogen) atoms. The Morgan fingerprint density at radius 1 is 1.00 bits per heavy atom. The first kappa shape index (κ1) is 21.3. The van der Waals surface area contributed by atoms with Crippen LogP contribution in [0, 0.1) is 0 Å². The molecule has 0 aliphatic rings. The van der Waals surface area contributed by atoms with Crippen LogP contribution in [0.3, 0.4) is 0 Å². The first-order valence-corrected chi connectivity index (χ1v) is 10.7. The molecule has 0 N–H and O–H groups in total. The largest absolute Gasteiger partial charge is 0.372 e. The van der Waals surface area contributed by atoms with E-state index in [1.807, 2.05) is 12.1 Å². The number of anilines is 2. The number of hydrogen-bond donors (Lipinski definition) is 0. The minimum Gasteiger partial charge on any atom is -0.372 e. The quantitative estimate of drug-likeness (QED) is 0.636. The average Bonchev–Trinajstić information content (AvgIpc) is 2.58. The lowest BCUT2D eigenvalue weighted by Gasteiger charge is -2.26. The van der Waals surface area contributed by atoms with Gasteiger partial charge >= 0.3 is 0 Å². The monoisotopic (exact) mass is 369 g/mol. The summed E-state index contributed by atoms with van der Waals surface area (Å²) >= 11 is 0. The van der Waals surface area contributed by atoms with Gasteiger partial charge in [0.25, 0.3) is 0 Å². The van der Waals surface area contributed by atoms with Gasteiger partial charge in [-0.3, -0.25) is 9.10 Å². The van der Waals surface area contributed by atoms with E-state index in [1.54, 1.807) is 24.1 Å². The molecule has 0 saturated heterocycles. The fourth-order valence-electron chi connectivity index (χ4n) is 2.58. The van der Waals surface area contributed by atoms with E-state index < -0.39 is 10.0 Å². The molecule has 0 fully saturated rings. The summed E-state index contributed by atoms with van der Waals surface area (Å²) < 4.78 is 25.5. The maximum atomic E-state index is 12.4. The topological polar surface area (TPSA) is 60.9 Å². The predicted molar refractivity (Wildman–Crippen MR) is 105 cm³/mol. The van der Waals surface area contributed by atoms with Crippen molar-refractivity contribution in [2.75, 3.05) is 48.7 Å². The summed E-state index contributed by atoms with van der Waals surface area (Å²) in [5.41, 5.74) is 1.55. The molecule has 0 aliphatic heterocycles. The highest BCUT2D eigenvalue weighted by Crippen LogP contribution is 2.22. The van der Waals surface area contributed by atoms with E-state index in [2.05, 4.69) is 25.7 Å². The number of benzene rings is 1. The second-order valence-electron chi connectivity index (χ2n) is 6.13. The molecule has 1 aromatic rings. The first-order valence-electron chi connectivity index (χ1n) is 8.81. The number of unbranched alkanes of at least 4 members (excludes halogenated alkanes) is 1. The van der Waals surface area contributed by atoms with E-state index in [0.717, 1.165) is 37.9 Å². The number of carbonyl (C=O) groups is 1. The normalized spacial score (nSPS) is 11.2. The molecule has 1 amide bonds. The van der Waals surface area contributed by atoms with Gasteiger partial charge in [0.2, 0.25) is 15.9 Å². The van der Waals surface area contributed by atoms with Gasteiger partial charge in [-0.05, 0) is 44.5 Å². The van der Waals surface area contributed by atoms with Crippen molar-refractivity contribution in [3.8, 4) is 0 Å². The maximum absolute atomic E-state index is 12.4. The van der Waals surface area contributed by atoms with Crippen LogP contribution in [0.2, 0.25) is 0 Å². The second-order valence-corrected chi connectivity index (χ2v) is 8.03. The Balaban J connectivity index is 2.99. The molecule has 0 saturated carbocycles. The highest BCUT2D eigenvalue weighted by Gasteiger charge is 2.22. The van der Waals surface area contributed by atoms with Crippen molar-refractivity contribution >= 4 is 27.3 Å². The molecule has 0 unspecified atom stereocenters. The zero-order chi connectivity index (χ0) is 19.0. The van der Waals surface area contributed by atoms with E-state index in [0.29, 0.717) is 12.2 Å². The fourth-order valence-corrected chi connectivity index (χ4v) is 3.43. The van der Waals surface area contributed by atoms with E-state index in [4.69, 9.17) is 0 Å². The SMILES string of the molecule is CCCCN(C)C(=O)CN(c1ccc(N(CC)CC)cc1)S(C)(=O)=O. The van der Waals surface area contributed by atoms with Crippen molar-refractivity contribution in [1.82, 2.24) is 4.90 Å². The molecule has 1 rings (SSSR count). The van der Waals surface area contributed by atoms with Crippen molar-refractivity contribution in [3.63, 3.8) is 0 Å². The number of sulfonamides is 1. The van der Waals surface area contributed by atoms with Crippen LogP contribution in [0.25, 0.3) is 0 Å². The molecule has 0 aromatic heterocycles. The Hall–Kier alpha value is -1.76. The Morgan fingerprint density at radius 3 is 1.96 bits per heavy atom. The Morgan fingerprint density at radius 2 is 1.52 bits per heavy atom. The van der Waals surface area contributed by atoms with Crippen molar-refractivity contribution in [1.29, 1.82) is 0 Å². The number of likely N-dealkylation sites (N-methyl/N-ethyl adjacent to an activating group) is 1. The summed E-state index contributed by atoms with van der Waals surface area (Å²) in [7, 11) is -1.83. The van der Waals surface area contributed by atoms with Gasteiger partial charge in [0.1, 0.15) is 6.54 Å². The summed E-state index contributed by atoms with van der Waals surface area (Å²) in [4.78, 5) is 16.1. The van der Waals surface area contributed by atoms with Gasteiger partial charge in [-0.2, -0.15) is 0 Å². The van der Waals surface area contributed by atoms with Crippen molar-refractivity contribution in [2.24, 2.45) is 0 Å². The van der Waals surface area contributed by atoms with E-state index >= 15 is 0 Å². The molecule has 0 bridgehead atoms. The van der Waals surface area contributed by atoms with E-state index in [9.17, 15) is 13.2 Å². The third kappa shape index (κ3) is 6.23. The van der Waals surface area contributed by atoms with Crippen LogP contribution in [-0.2, 0) is 14.8 Å². The van der Waals surface area contributed by atoms with Gasteiger partial charge in [0.05, 0.1) is 11.9 Å². The number of carbonyl (C=O) groups excluding carboxylic acids is 1. The van der Waals surface area contributed by atoms with Gasteiger partial charge < -0.3 is 9.80 Å². The zero-order valence-corrected chi connectivity index (χ0v) is 16.8. The predicted octanol–water partition coefficient (Wildman–Crippen LogP) is 2.56. The molecule has 7 heteroatoms. The zero-order valence-electron chi connectivity index (χ0n) is 16.0. The fraction of sp³-hybridized carbons (Fsp3) is 0.611. The molecular formula is C18H31N3O3S. The van der Waals surface area contributed by atoms with Gasteiger partial charge in [-0.25, -0.2) is 8.42 Å². The summed E-state index contributed by atoms with van der Waals surface area (Å²) in [6.07, 6.45) is 3.02. The molecule has 1 aromatic carbocycles. The van der Waals surface area contributed by atoms with Crippen LogP contribution in [-0.4, -0.2) is 58.7 Å². The number of nitrogens with zero attached hydrogens (tertiary/aromatic N) is 3.